The Morgan fingerprint density at radius 3 is 2.87 bits per heavy atom. The highest BCUT2D eigenvalue weighted by Crippen LogP contribution is 2.19. The first-order valence-corrected chi connectivity index (χ1v) is 8.52. The van der Waals surface area contributed by atoms with Gasteiger partial charge in [0.05, 0.1) is 11.3 Å². The second kappa shape index (κ2) is 5.62. The number of amides is 1. The van der Waals surface area contributed by atoms with E-state index in [9.17, 15) is 17.6 Å². The van der Waals surface area contributed by atoms with E-state index >= 15 is 0 Å². The second-order valence-electron chi connectivity index (χ2n) is 5.26. The first-order valence-electron chi connectivity index (χ1n) is 6.91. The molecule has 2 heterocycles. The van der Waals surface area contributed by atoms with Gasteiger partial charge in [0.1, 0.15) is 11.7 Å². The molecule has 1 N–H and O–H groups in total. The minimum atomic E-state index is -3.42. The highest BCUT2D eigenvalue weighted by atomic mass is 32.2. The largest absolute Gasteiger partial charge is 0.330 e. The van der Waals surface area contributed by atoms with Crippen molar-refractivity contribution in [3.63, 3.8) is 0 Å². The molecular formula is C15H14FN3O3S. The van der Waals surface area contributed by atoms with Crippen molar-refractivity contribution in [2.75, 3.05) is 17.6 Å². The molecule has 1 aromatic carbocycles. The molecule has 0 radical (unpaired) electrons. The van der Waals surface area contributed by atoms with Crippen LogP contribution in [0.1, 0.15) is 5.56 Å². The number of carbonyl (C=O) groups excluding carboxylic acids is 1. The van der Waals surface area contributed by atoms with Crippen molar-refractivity contribution in [2.24, 2.45) is 4.40 Å². The monoisotopic (exact) mass is 335 g/mol. The molecule has 0 unspecified atom stereocenters. The number of carbonyl (C=O) groups is 1. The molecule has 120 valence electrons. The molecule has 0 atom stereocenters. The summed E-state index contributed by atoms with van der Waals surface area (Å²) in [6, 6.07) is 4.10. The minimum absolute atomic E-state index is 0.0905. The Morgan fingerprint density at radius 1 is 1.35 bits per heavy atom. The maximum atomic E-state index is 13.1. The molecule has 8 heteroatoms. The zero-order chi connectivity index (χ0) is 16.6. The Labute approximate surface area is 133 Å². The average Bonchev–Trinajstić information content (AvgIpc) is 2.48. The molecule has 0 fully saturated rings. The third kappa shape index (κ3) is 3.31. The normalized spacial score (nSPS) is 18.8. The molecule has 23 heavy (non-hydrogen) atoms. The molecule has 0 spiro atoms. The van der Waals surface area contributed by atoms with Crippen LogP contribution in [0.5, 0.6) is 0 Å². The van der Waals surface area contributed by atoms with Crippen LogP contribution in [0.4, 0.5) is 10.1 Å². The zero-order valence-corrected chi connectivity index (χ0v) is 13.1. The van der Waals surface area contributed by atoms with Crippen LogP contribution < -0.4 is 5.32 Å². The van der Waals surface area contributed by atoms with Crippen molar-refractivity contribution in [2.45, 2.75) is 6.92 Å². The third-order valence-corrected chi connectivity index (χ3v) is 4.69. The van der Waals surface area contributed by atoms with Crippen molar-refractivity contribution in [3.8, 4) is 0 Å². The van der Waals surface area contributed by atoms with Crippen LogP contribution in [0.25, 0.3) is 0 Å². The molecule has 0 bridgehead atoms. The van der Waals surface area contributed by atoms with E-state index in [1.54, 1.807) is 18.0 Å². The number of nitrogens with zero attached hydrogens (tertiary/aromatic N) is 2. The molecule has 0 aromatic heterocycles. The number of hydrogen-bond acceptors (Lipinski definition) is 4. The summed E-state index contributed by atoms with van der Waals surface area (Å²) in [6.45, 7) is 1.95. The lowest BCUT2D eigenvalue weighted by atomic mass is 10.1. The van der Waals surface area contributed by atoms with Crippen LogP contribution in [-0.2, 0) is 14.8 Å². The summed E-state index contributed by atoms with van der Waals surface area (Å²) in [6.07, 6.45) is 4.55. The van der Waals surface area contributed by atoms with Crippen molar-refractivity contribution >= 4 is 27.5 Å². The number of amidine groups is 1. The molecule has 1 amide bonds. The van der Waals surface area contributed by atoms with Crippen molar-refractivity contribution in [3.05, 3.63) is 53.5 Å². The molecule has 6 nitrogen and oxygen atoms in total. The van der Waals surface area contributed by atoms with Gasteiger partial charge < -0.3 is 10.2 Å². The highest BCUT2D eigenvalue weighted by Gasteiger charge is 2.25. The number of benzene rings is 1. The predicted molar refractivity (Wildman–Crippen MR) is 84.9 cm³/mol. The predicted octanol–water partition coefficient (Wildman–Crippen LogP) is 1.57. The van der Waals surface area contributed by atoms with E-state index in [4.69, 9.17) is 0 Å². The molecule has 2 aliphatic rings. The molecule has 0 saturated carbocycles. The van der Waals surface area contributed by atoms with Gasteiger partial charge in [-0.3, -0.25) is 4.79 Å². The quantitative estimate of drug-likeness (QED) is 0.890. The fraction of sp³-hybridized carbons (Fsp3) is 0.200. The summed E-state index contributed by atoms with van der Waals surface area (Å²) >= 11 is 0. The summed E-state index contributed by atoms with van der Waals surface area (Å²) in [5.41, 5.74) is 1.50. The number of halogens is 1. The summed E-state index contributed by atoms with van der Waals surface area (Å²) in [4.78, 5) is 13.9. The van der Waals surface area contributed by atoms with Crippen molar-refractivity contribution in [1.29, 1.82) is 0 Å². The number of rotatable bonds is 2. The number of fused-ring (bicyclic) bond motifs is 1. The Kier molecular flexibility index (Phi) is 3.77. The Morgan fingerprint density at radius 2 is 2.13 bits per heavy atom. The fourth-order valence-corrected chi connectivity index (χ4v) is 3.27. The van der Waals surface area contributed by atoms with Gasteiger partial charge >= 0.3 is 0 Å². The van der Waals surface area contributed by atoms with Crippen LogP contribution in [0.3, 0.4) is 0 Å². The summed E-state index contributed by atoms with van der Waals surface area (Å²) in [5, 5.41) is 2.71. The van der Waals surface area contributed by atoms with Gasteiger partial charge in [-0.15, -0.1) is 4.40 Å². The van der Waals surface area contributed by atoms with Crippen molar-refractivity contribution < 1.29 is 17.6 Å². The first-order chi connectivity index (χ1) is 10.8. The van der Waals surface area contributed by atoms with Crippen LogP contribution in [-0.4, -0.2) is 37.4 Å². The van der Waals surface area contributed by atoms with Crippen LogP contribution in [0.2, 0.25) is 0 Å². The molecule has 1 aromatic rings. The summed E-state index contributed by atoms with van der Waals surface area (Å²) < 4.78 is 39.6. The topological polar surface area (TPSA) is 78.8 Å². The molecule has 0 aliphatic carbocycles. The van der Waals surface area contributed by atoms with Crippen LogP contribution >= 0.6 is 0 Å². The van der Waals surface area contributed by atoms with E-state index in [1.165, 1.54) is 30.4 Å². The van der Waals surface area contributed by atoms with E-state index in [2.05, 4.69) is 9.71 Å². The fourth-order valence-electron chi connectivity index (χ4n) is 2.30. The minimum Gasteiger partial charge on any atom is -0.330 e. The van der Waals surface area contributed by atoms with E-state index in [0.29, 0.717) is 22.7 Å². The molecule has 3 rings (SSSR count). The van der Waals surface area contributed by atoms with Gasteiger partial charge in [0.25, 0.3) is 15.9 Å². The van der Waals surface area contributed by atoms with Crippen LogP contribution in [0, 0.1) is 12.7 Å². The number of sulfonamides is 1. The summed E-state index contributed by atoms with van der Waals surface area (Å²) in [7, 11) is -3.42. The SMILES string of the molecule is Cc1cc(F)ccc1NC(=O)C1=CN2CCS(=O)(=O)N=C2C=C1. The van der Waals surface area contributed by atoms with Gasteiger partial charge in [0.15, 0.2) is 0 Å². The smallest absolute Gasteiger partial charge is 0.257 e. The number of aryl methyl sites for hydroxylation is 1. The van der Waals surface area contributed by atoms with E-state index < -0.39 is 10.0 Å². The molecule has 2 aliphatic heterocycles. The van der Waals surface area contributed by atoms with Crippen molar-refractivity contribution in [1.82, 2.24) is 4.90 Å². The van der Waals surface area contributed by atoms with Gasteiger partial charge in [-0.25, -0.2) is 12.8 Å². The highest BCUT2D eigenvalue weighted by molar-refractivity contribution is 7.90. The molecule has 0 saturated heterocycles. The Hall–Kier alpha value is -2.48. The van der Waals surface area contributed by atoms with Gasteiger partial charge in [-0.1, -0.05) is 0 Å². The first kappa shape index (κ1) is 15.4. The third-order valence-electron chi connectivity index (χ3n) is 3.52. The number of nitrogens with one attached hydrogen (secondary N) is 1. The standard InChI is InChI=1S/C15H14FN3O3S/c1-10-8-12(16)3-4-13(10)17-15(20)11-2-5-14-18-23(21,22)7-6-19(14)9-11/h2-5,8-9H,6-7H2,1H3,(H,17,20). The Balaban J connectivity index is 1.80. The summed E-state index contributed by atoms with van der Waals surface area (Å²) in [5.74, 6) is -0.519. The lowest BCUT2D eigenvalue weighted by Crippen LogP contribution is -2.37. The Bertz CT molecular complexity index is 872. The number of hydrogen-bond donors (Lipinski definition) is 1. The van der Waals surface area contributed by atoms with E-state index in [1.807, 2.05) is 0 Å². The lowest BCUT2D eigenvalue weighted by molar-refractivity contribution is -0.112. The maximum Gasteiger partial charge on any atom is 0.257 e. The zero-order valence-electron chi connectivity index (χ0n) is 12.3. The van der Waals surface area contributed by atoms with Crippen LogP contribution in [0.15, 0.2) is 46.5 Å². The molecular weight excluding hydrogens is 321 g/mol. The van der Waals surface area contributed by atoms with E-state index in [0.717, 1.165) is 0 Å². The second-order valence-corrected chi connectivity index (χ2v) is 7.01. The van der Waals surface area contributed by atoms with Gasteiger partial charge in [-0.2, -0.15) is 0 Å². The average molecular weight is 335 g/mol. The number of anilines is 1. The van der Waals surface area contributed by atoms with E-state index in [-0.39, 0.29) is 24.0 Å². The van der Waals surface area contributed by atoms with Gasteiger partial charge in [-0.05, 0) is 42.8 Å². The lowest BCUT2D eigenvalue weighted by Gasteiger charge is -2.27. The van der Waals surface area contributed by atoms with Gasteiger partial charge in [0, 0.05) is 18.4 Å². The van der Waals surface area contributed by atoms with Gasteiger partial charge in [0.2, 0.25) is 0 Å². The maximum absolute atomic E-state index is 13.1.